The normalized spacial score (nSPS) is 18.8. The van der Waals surface area contributed by atoms with Crippen LogP contribution in [-0.2, 0) is 14.3 Å². The first kappa shape index (κ1) is 20.7. The summed E-state index contributed by atoms with van der Waals surface area (Å²) in [6.45, 7) is 0.449. The van der Waals surface area contributed by atoms with Crippen LogP contribution in [0.5, 0.6) is 0 Å². The van der Waals surface area contributed by atoms with Gasteiger partial charge in [-0.15, -0.1) is 0 Å². The number of amides is 1. The predicted octanol–water partition coefficient (Wildman–Crippen LogP) is 3.66. The highest BCUT2D eigenvalue weighted by Gasteiger charge is 2.26. The van der Waals surface area contributed by atoms with Crippen LogP contribution in [0.25, 0.3) is 0 Å². The fourth-order valence-corrected chi connectivity index (χ4v) is 3.59. The van der Waals surface area contributed by atoms with E-state index in [1.165, 1.54) is 17.3 Å². The van der Waals surface area contributed by atoms with Gasteiger partial charge in [0.25, 0.3) is 0 Å². The number of carboxylic acids is 1. The van der Waals surface area contributed by atoms with Crippen molar-refractivity contribution in [3.05, 3.63) is 48.9 Å². The molecule has 1 N–H and O–H groups in total. The van der Waals surface area contributed by atoms with Crippen molar-refractivity contribution in [1.29, 1.82) is 0 Å². The van der Waals surface area contributed by atoms with Gasteiger partial charge in [0, 0.05) is 12.4 Å². The minimum absolute atomic E-state index is 0.227. The molecule has 1 amide bonds. The molecule has 3 rings (SSSR count). The van der Waals surface area contributed by atoms with Gasteiger partial charge in [-0.1, -0.05) is 24.6 Å². The van der Waals surface area contributed by atoms with E-state index >= 15 is 0 Å². The average Bonchev–Trinajstić information content (AvgIpc) is 2.74. The minimum atomic E-state index is -0.962. The van der Waals surface area contributed by atoms with E-state index in [1.54, 1.807) is 6.20 Å². The van der Waals surface area contributed by atoms with Crippen molar-refractivity contribution in [1.82, 2.24) is 9.97 Å². The molecule has 0 bridgehead atoms. The van der Waals surface area contributed by atoms with Crippen molar-refractivity contribution in [2.45, 2.75) is 25.7 Å². The van der Waals surface area contributed by atoms with Crippen LogP contribution in [0.2, 0.25) is 0 Å². The molecule has 0 radical (unpaired) electrons. The molecular formula is C21H25N3O5. The minimum Gasteiger partial charge on any atom is -0.480 e. The Morgan fingerprint density at radius 1 is 1.10 bits per heavy atom. The standard InChI is InChI=1S/C21H25N3O5/c25-20(26)15-28-13-16-5-4-6-17(11-16)14-29-21(27)24(18-7-2-1-3-8-18)19-12-22-9-10-23-19/h1-3,7-10,12,16-17H,4-6,11,13-15H2,(H,25,26). The molecule has 1 heterocycles. The van der Waals surface area contributed by atoms with E-state index in [2.05, 4.69) is 9.97 Å². The predicted molar refractivity (Wildman–Crippen MR) is 106 cm³/mol. The third-order valence-corrected chi connectivity index (χ3v) is 4.89. The molecule has 8 nitrogen and oxygen atoms in total. The quantitative estimate of drug-likeness (QED) is 0.723. The number of hydrogen-bond acceptors (Lipinski definition) is 6. The summed E-state index contributed by atoms with van der Waals surface area (Å²) >= 11 is 0. The van der Waals surface area contributed by atoms with Gasteiger partial charge in [0.1, 0.15) is 6.61 Å². The maximum absolute atomic E-state index is 12.9. The molecule has 1 aliphatic carbocycles. The highest BCUT2D eigenvalue weighted by Crippen LogP contribution is 2.30. The Labute approximate surface area is 169 Å². The Kier molecular flexibility index (Phi) is 7.52. The van der Waals surface area contributed by atoms with Gasteiger partial charge in [-0.25, -0.2) is 19.5 Å². The molecule has 1 aromatic carbocycles. The highest BCUT2D eigenvalue weighted by molar-refractivity contribution is 5.94. The van der Waals surface area contributed by atoms with Crippen LogP contribution in [0.15, 0.2) is 48.9 Å². The molecule has 1 aromatic heterocycles. The number of aliphatic carboxylic acids is 1. The van der Waals surface area contributed by atoms with Crippen molar-refractivity contribution in [3.8, 4) is 0 Å². The summed E-state index contributed by atoms with van der Waals surface area (Å²) in [4.78, 5) is 33.1. The first-order valence-corrected chi connectivity index (χ1v) is 9.71. The van der Waals surface area contributed by atoms with Crippen LogP contribution >= 0.6 is 0 Å². The topological polar surface area (TPSA) is 102 Å². The van der Waals surface area contributed by atoms with Crippen molar-refractivity contribution >= 4 is 23.6 Å². The first-order chi connectivity index (χ1) is 14.1. The number of para-hydroxylation sites is 1. The summed E-state index contributed by atoms with van der Waals surface area (Å²) in [5, 5.41) is 8.68. The molecule has 2 atom stereocenters. The second-order valence-electron chi connectivity index (χ2n) is 7.12. The number of benzene rings is 1. The van der Waals surface area contributed by atoms with Gasteiger partial charge in [0.15, 0.2) is 5.82 Å². The number of carbonyl (C=O) groups is 2. The fourth-order valence-electron chi connectivity index (χ4n) is 3.59. The number of carbonyl (C=O) groups excluding carboxylic acids is 1. The third-order valence-electron chi connectivity index (χ3n) is 4.89. The lowest BCUT2D eigenvalue weighted by Crippen LogP contribution is -2.31. The Hall–Kier alpha value is -3.00. The summed E-state index contributed by atoms with van der Waals surface area (Å²) in [7, 11) is 0. The first-order valence-electron chi connectivity index (χ1n) is 9.71. The molecule has 8 heteroatoms. The summed E-state index contributed by atoms with van der Waals surface area (Å²) < 4.78 is 10.9. The Balaban J connectivity index is 1.58. The zero-order chi connectivity index (χ0) is 20.5. The number of nitrogens with zero attached hydrogens (tertiary/aromatic N) is 3. The molecule has 0 aliphatic heterocycles. The summed E-state index contributed by atoms with van der Waals surface area (Å²) in [6.07, 6.45) is 7.93. The monoisotopic (exact) mass is 399 g/mol. The molecule has 154 valence electrons. The van der Waals surface area contributed by atoms with Gasteiger partial charge < -0.3 is 14.6 Å². The lowest BCUT2D eigenvalue weighted by molar-refractivity contribution is -0.142. The number of anilines is 2. The Morgan fingerprint density at radius 2 is 1.86 bits per heavy atom. The van der Waals surface area contributed by atoms with Crippen LogP contribution in [0.1, 0.15) is 25.7 Å². The second-order valence-corrected chi connectivity index (χ2v) is 7.12. The van der Waals surface area contributed by atoms with Crippen LogP contribution in [0.3, 0.4) is 0 Å². The number of hydrogen-bond donors (Lipinski definition) is 1. The molecule has 1 saturated carbocycles. The molecular weight excluding hydrogens is 374 g/mol. The average molecular weight is 399 g/mol. The highest BCUT2D eigenvalue weighted by atomic mass is 16.6. The van der Waals surface area contributed by atoms with Crippen molar-refractivity contribution in [3.63, 3.8) is 0 Å². The maximum Gasteiger partial charge on any atom is 0.420 e. The van der Waals surface area contributed by atoms with Gasteiger partial charge in [-0.2, -0.15) is 0 Å². The lowest BCUT2D eigenvalue weighted by Gasteiger charge is -2.29. The van der Waals surface area contributed by atoms with E-state index in [0.29, 0.717) is 24.7 Å². The number of aromatic nitrogens is 2. The fraction of sp³-hybridized carbons (Fsp3) is 0.429. The van der Waals surface area contributed by atoms with Crippen LogP contribution in [0.4, 0.5) is 16.3 Å². The summed E-state index contributed by atoms with van der Waals surface area (Å²) in [5.74, 6) is -0.0498. The van der Waals surface area contributed by atoms with Gasteiger partial charge in [0.2, 0.25) is 0 Å². The largest absolute Gasteiger partial charge is 0.480 e. The van der Waals surface area contributed by atoms with Gasteiger partial charge in [0.05, 0.1) is 25.1 Å². The summed E-state index contributed by atoms with van der Waals surface area (Å²) in [5.41, 5.74) is 0.654. The van der Waals surface area contributed by atoms with Crippen LogP contribution in [0, 0.1) is 11.8 Å². The van der Waals surface area contributed by atoms with Crippen molar-refractivity contribution < 1.29 is 24.2 Å². The van der Waals surface area contributed by atoms with E-state index in [0.717, 1.165) is 25.7 Å². The molecule has 1 aliphatic rings. The maximum atomic E-state index is 12.9. The summed E-state index contributed by atoms with van der Waals surface area (Å²) in [6, 6.07) is 9.18. The third kappa shape index (κ3) is 6.25. The van der Waals surface area contributed by atoms with Crippen LogP contribution in [-0.4, -0.2) is 47.0 Å². The van der Waals surface area contributed by atoms with E-state index in [4.69, 9.17) is 14.6 Å². The number of ether oxygens (including phenoxy) is 2. The number of rotatable bonds is 8. The zero-order valence-corrected chi connectivity index (χ0v) is 16.1. The van der Waals surface area contributed by atoms with Gasteiger partial charge >= 0.3 is 12.1 Å². The van der Waals surface area contributed by atoms with Crippen LogP contribution < -0.4 is 4.90 Å². The van der Waals surface area contributed by atoms with Gasteiger partial charge in [-0.3, -0.25) is 4.98 Å². The van der Waals surface area contributed by atoms with Crippen molar-refractivity contribution in [2.24, 2.45) is 11.8 Å². The van der Waals surface area contributed by atoms with E-state index < -0.39 is 12.1 Å². The Bertz CT molecular complexity index is 748. The molecule has 0 saturated heterocycles. The van der Waals surface area contributed by atoms with Gasteiger partial charge in [-0.05, 0) is 43.2 Å². The SMILES string of the molecule is O=C(O)COCC1CCCC(COC(=O)N(c2ccccc2)c2cnccn2)C1. The molecule has 0 spiro atoms. The molecule has 1 fully saturated rings. The zero-order valence-electron chi connectivity index (χ0n) is 16.1. The number of carboxylic acid groups (broad SMARTS) is 1. The second kappa shape index (κ2) is 10.5. The van der Waals surface area contributed by atoms with Crippen molar-refractivity contribution in [2.75, 3.05) is 24.7 Å². The lowest BCUT2D eigenvalue weighted by atomic mass is 9.82. The Morgan fingerprint density at radius 3 is 2.55 bits per heavy atom. The van der Waals surface area contributed by atoms with E-state index in [9.17, 15) is 9.59 Å². The van der Waals surface area contributed by atoms with E-state index in [-0.39, 0.29) is 18.4 Å². The van der Waals surface area contributed by atoms with E-state index in [1.807, 2.05) is 30.3 Å². The smallest absolute Gasteiger partial charge is 0.420 e. The molecule has 29 heavy (non-hydrogen) atoms. The molecule has 2 unspecified atom stereocenters. The molecule has 2 aromatic rings.